The van der Waals surface area contributed by atoms with Gasteiger partial charge in [0.2, 0.25) is 15.2 Å². The Morgan fingerprint density at radius 2 is 2.09 bits per heavy atom. The molecule has 124 valence electrons. The zero-order valence-corrected chi connectivity index (χ0v) is 14.9. The first-order chi connectivity index (χ1) is 11.0. The molecule has 7 nitrogen and oxygen atoms in total. The lowest BCUT2D eigenvalue weighted by atomic mass is 10.4. The standard InChI is InChI=1S/C13H16N4O3S3/c1-2-11-15-16-13(22-11)14-12(18)10-7-9(8-21-10)23(19,20)17-5-3-4-6-17/h7-8H,2-6H2,1H3,(H,14,16,18). The average Bonchev–Trinajstić information content (AvgIpc) is 3.27. The van der Waals surface area contributed by atoms with Gasteiger partial charge in [0.1, 0.15) is 5.01 Å². The zero-order chi connectivity index (χ0) is 16.4. The normalized spacial score (nSPS) is 15.9. The topological polar surface area (TPSA) is 92.3 Å². The van der Waals surface area contributed by atoms with Gasteiger partial charge in [0.25, 0.3) is 5.91 Å². The van der Waals surface area contributed by atoms with Gasteiger partial charge in [-0.25, -0.2) is 8.42 Å². The van der Waals surface area contributed by atoms with Crippen molar-refractivity contribution in [1.29, 1.82) is 0 Å². The first kappa shape index (κ1) is 16.5. The number of thiophene rings is 1. The van der Waals surface area contributed by atoms with E-state index in [-0.39, 0.29) is 10.8 Å². The minimum Gasteiger partial charge on any atom is -0.296 e. The summed E-state index contributed by atoms with van der Waals surface area (Å²) < 4.78 is 26.4. The predicted molar refractivity (Wildman–Crippen MR) is 89.6 cm³/mol. The van der Waals surface area contributed by atoms with Crippen LogP contribution in [0.4, 0.5) is 5.13 Å². The van der Waals surface area contributed by atoms with Gasteiger partial charge in [-0.2, -0.15) is 4.31 Å². The Morgan fingerprint density at radius 3 is 2.74 bits per heavy atom. The lowest BCUT2D eigenvalue weighted by molar-refractivity contribution is 0.103. The molecular formula is C13H16N4O3S3. The van der Waals surface area contributed by atoms with Crippen LogP contribution < -0.4 is 5.32 Å². The Balaban J connectivity index is 1.74. The number of nitrogens with zero attached hydrogens (tertiary/aromatic N) is 3. The summed E-state index contributed by atoms with van der Waals surface area (Å²) in [5.41, 5.74) is 0. The molecule has 1 amide bonds. The maximum absolute atomic E-state index is 12.5. The molecule has 3 rings (SSSR count). The Bertz CT molecular complexity index is 806. The summed E-state index contributed by atoms with van der Waals surface area (Å²) in [6.07, 6.45) is 2.52. The number of amides is 1. The number of anilines is 1. The minimum absolute atomic E-state index is 0.182. The van der Waals surface area contributed by atoms with Crippen molar-refractivity contribution in [1.82, 2.24) is 14.5 Å². The van der Waals surface area contributed by atoms with E-state index in [9.17, 15) is 13.2 Å². The first-order valence-corrected chi connectivity index (χ1v) is 10.4. The summed E-state index contributed by atoms with van der Waals surface area (Å²) in [5.74, 6) is -0.364. The van der Waals surface area contributed by atoms with Crippen molar-refractivity contribution in [2.24, 2.45) is 0 Å². The van der Waals surface area contributed by atoms with Gasteiger partial charge in [0.15, 0.2) is 0 Å². The van der Waals surface area contributed by atoms with Crippen molar-refractivity contribution in [3.05, 3.63) is 21.3 Å². The highest BCUT2D eigenvalue weighted by atomic mass is 32.2. The number of rotatable bonds is 5. The molecule has 0 radical (unpaired) electrons. The van der Waals surface area contributed by atoms with Crippen molar-refractivity contribution >= 4 is 43.7 Å². The molecule has 0 bridgehead atoms. The maximum atomic E-state index is 12.5. The molecule has 10 heteroatoms. The molecule has 0 unspecified atom stereocenters. The van der Waals surface area contributed by atoms with Crippen LogP contribution in [0.2, 0.25) is 0 Å². The van der Waals surface area contributed by atoms with Crippen LogP contribution in [-0.4, -0.2) is 41.9 Å². The summed E-state index contributed by atoms with van der Waals surface area (Å²) >= 11 is 2.43. The second-order valence-corrected chi connectivity index (χ2v) is 8.98. The molecule has 1 N–H and O–H groups in total. The van der Waals surface area contributed by atoms with Crippen LogP contribution >= 0.6 is 22.7 Å². The quantitative estimate of drug-likeness (QED) is 0.868. The summed E-state index contributed by atoms with van der Waals surface area (Å²) in [7, 11) is -3.49. The number of carbonyl (C=O) groups excluding carboxylic acids is 1. The molecule has 1 aliphatic heterocycles. The molecule has 1 saturated heterocycles. The highest BCUT2D eigenvalue weighted by molar-refractivity contribution is 7.89. The Hall–Kier alpha value is -1.36. The predicted octanol–water partition coefficient (Wildman–Crippen LogP) is 2.20. The van der Waals surface area contributed by atoms with Gasteiger partial charge >= 0.3 is 0 Å². The molecule has 2 aromatic rings. The minimum atomic E-state index is -3.49. The first-order valence-electron chi connectivity index (χ1n) is 7.23. The van der Waals surface area contributed by atoms with E-state index in [1.165, 1.54) is 27.1 Å². The van der Waals surface area contributed by atoms with Gasteiger partial charge in [-0.05, 0) is 25.3 Å². The van der Waals surface area contributed by atoms with Crippen LogP contribution in [0.3, 0.4) is 0 Å². The third-order valence-electron chi connectivity index (χ3n) is 3.49. The van der Waals surface area contributed by atoms with Gasteiger partial charge in [-0.3, -0.25) is 10.1 Å². The molecule has 3 heterocycles. The van der Waals surface area contributed by atoms with E-state index in [1.807, 2.05) is 6.92 Å². The van der Waals surface area contributed by atoms with E-state index in [0.29, 0.717) is 23.1 Å². The van der Waals surface area contributed by atoms with E-state index in [1.54, 1.807) is 0 Å². The highest BCUT2D eigenvalue weighted by Crippen LogP contribution is 2.26. The lowest BCUT2D eigenvalue weighted by Crippen LogP contribution is -2.27. The monoisotopic (exact) mass is 372 g/mol. The number of hydrogen-bond donors (Lipinski definition) is 1. The van der Waals surface area contributed by atoms with Gasteiger partial charge < -0.3 is 0 Å². The van der Waals surface area contributed by atoms with Crippen LogP contribution in [0.1, 0.15) is 34.4 Å². The third kappa shape index (κ3) is 3.44. The van der Waals surface area contributed by atoms with Crippen LogP contribution in [0.15, 0.2) is 16.3 Å². The Labute approximate surface area is 142 Å². The van der Waals surface area contributed by atoms with Crippen LogP contribution in [0, 0.1) is 0 Å². The van der Waals surface area contributed by atoms with Gasteiger partial charge in [-0.15, -0.1) is 21.5 Å². The van der Waals surface area contributed by atoms with E-state index in [0.717, 1.165) is 35.6 Å². The fourth-order valence-corrected chi connectivity index (χ4v) is 5.60. The number of carbonyl (C=O) groups is 1. The van der Waals surface area contributed by atoms with Crippen molar-refractivity contribution in [2.75, 3.05) is 18.4 Å². The van der Waals surface area contributed by atoms with Crippen molar-refractivity contribution < 1.29 is 13.2 Å². The number of nitrogens with one attached hydrogen (secondary N) is 1. The van der Waals surface area contributed by atoms with Crippen LogP contribution in [0.5, 0.6) is 0 Å². The summed E-state index contributed by atoms with van der Waals surface area (Å²) in [5, 5.41) is 13.2. The fourth-order valence-electron chi connectivity index (χ4n) is 2.26. The van der Waals surface area contributed by atoms with E-state index in [4.69, 9.17) is 0 Å². The highest BCUT2D eigenvalue weighted by Gasteiger charge is 2.28. The van der Waals surface area contributed by atoms with Gasteiger partial charge in [0.05, 0.1) is 9.77 Å². The number of aromatic nitrogens is 2. The zero-order valence-electron chi connectivity index (χ0n) is 12.5. The summed E-state index contributed by atoms with van der Waals surface area (Å²) in [6.45, 7) is 3.05. The summed E-state index contributed by atoms with van der Waals surface area (Å²) in [4.78, 5) is 12.7. The molecule has 2 aromatic heterocycles. The lowest BCUT2D eigenvalue weighted by Gasteiger charge is -2.13. The third-order valence-corrected chi connectivity index (χ3v) is 7.43. The van der Waals surface area contributed by atoms with E-state index in [2.05, 4.69) is 15.5 Å². The fraction of sp³-hybridized carbons (Fsp3) is 0.462. The number of sulfonamides is 1. The van der Waals surface area contributed by atoms with Crippen molar-refractivity contribution in [3.63, 3.8) is 0 Å². The number of aryl methyl sites for hydroxylation is 1. The Kier molecular flexibility index (Phi) is 4.76. The Morgan fingerprint density at radius 1 is 1.35 bits per heavy atom. The van der Waals surface area contributed by atoms with Crippen LogP contribution in [0.25, 0.3) is 0 Å². The maximum Gasteiger partial charge on any atom is 0.267 e. The molecule has 0 spiro atoms. The molecule has 1 fully saturated rings. The molecular weight excluding hydrogens is 356 g/mol. The molecule has 0 atom stereocenters. The largest absolute Gasteiger partial charge is 0.296 e. The van der Waals surface area contributed by atoms with E-state index >= 15 is 0 Å². The second kappa shape index (κ2) is 6.63. The van der Waals surface area contributed by atoms with Crippen molar-refractivity contribution in [2.45, 2.75) is 31.1 Å². The van der Waals surface area contributed by atoms with Crippen molar-refractivity contribution in [3.8, 4) is 0 Å². The molecule has 0 aromatic carbocycles. The van der Waals surface area contributed by atoms with Gasteiger partial charge in [-0.1, -0.05) is 18.3 Å². The van der Waals surface area contributed by atoms with Crippen LogP contribution in [-0.2, 0) is 16.4 Å². The smallest absolute Gasteiger partial charge is 0.267 e. The molecule has 0 aliphatic carbocycles. The van der Waals surface area contributed by atoms with Gasteiger partial charge in [0, 0.05) is 18.5 Å². The number of hydrogen-bond acceptors (Lipinski definition) is 7. The second-order valence-electron chi connectivity index (χ2n) is 5.07. The average molecular weight is 372 g/mol. The molecule has 0 saturated carbocycles. The summed E-state index contributed by atoms with van der Waals surface area (Å²) in [6, 6.07) is 1.43. The van der Waals surface area contributed by atoms with E-state index < -0.39 is 10.0 Å². The molecule has 23 heavy (non-hydrogen) atoms. The molecule has 1 aliphatic rings. The SMILES string of the molecule is CCc1nnc(NC(=O)c2cc(S(=O)(=O)N3CCCC3)cs2)s1.